The molecule has 0 bridgehead atoms. The monoisotopic (exact) mass is 307 g/mol. The van der Waals surface area contributed by atoms with Gasteiger partial charge in [-0.25, -0.2) is 0 Å². The predicted molar refractivity (Wildman–Crippen MR) is 81.4 cm³/mol. The minimum absolute atomic E-state index is 0.0692. The van der Waals surface area contributed by atoms with Crippen molar-refractivity contribution in [2.24, 2.45) is 5.92 Å². The topological polar surface area (TPSA) is 79.5 Å². The molecule has 0 radical (unpaired) electrons. The van der Waals surface area contributed by atoms with Crippen LogP contribution in [-0.4, -0.2) is 24.0 Å². The van der Waals surface area contributed by atoms with E-state index in [4.69, 9.17) is 17.0 Å². The highest BCUT2D eigenvalue weighted by Crippen LogP contribution is 2.28. The zero-order valence-electron chi connectivity index (χ0n) is 11.6. The van der Waals surface area contributed by atoms with Gasteiger partial charge in [0.2, 0.25) is 11.8 Å². The Balaban J connectivity index is 1.70. The normalized spacial score (nSPS) is 13.2. The van der Waals surface area contributed by atoms with E-state index in [9.17, 15) is 9.59 Å². The van der Waals surface area contributed by atoms with Crippen LogP contribution in [-0.2, 0) is 16.0 Å². The third-order valence-corrected chi connectivity index (χ3v) is 3.23. The molecular weight excluding hydrogens is 290 g/mol. The van der Waals surface area contributed by atoms with Crippen LogP contribution in [0.2, 0.25) is 0 Å². The molecule has 1 fully saturated rings. The molecule has 0 saturated heterocycles. The van der Waals surface area contributed by atoms with Crippen molar-refractivity contribution < 1.29 is 14.3 Å². The molecule has 0 aliphatic heterocycles. The van der Waals surface area contributed by atoms with Crippen LogP contribution in [0.1, 0.15) is 18.4 Å². The summed E-state index contributed by atoms with van der Waals surface area (Å²) in [5, 5.41) is 2.63. The first-order valence-electron chi connectivity index (χ1n) is 6.61. The molecular formula is C14H17N3O3S. The summed E-state index contributed by atoms with van der Waals surface area (Å²) < 4.78 is 5.04. The van der Waals surface area contributed by atoms with E-state index in [0.717, 1.165) is 24.2 Å². The molecule has 1 aromatic rings. The molecule has 0 spiro atoms. The molecule has 6 nitrogen and oxygen atoms in total. The molecule has 2 amide bonds. The van der Waals surface area contributed by atoms with E-state index in [-0.39, 0.29) is 29.3 Å². The standard InChI is InChI=1S/C14H17N3O3S/c1-20-11-6-2-9(3-7-11)8-12(18)16-17-14(21)15-13(19)10-4-5-10/h2-3,6-7,10H,4-5,8H2,1H3,(H,16,18)(H2,15,17,19,21). The number of ether oxygens (including phenoxy) is 1. The van der Waals surface area contributed by atoms with Crippen LogP contribution in [0.5, 0.6) is 5.75 Å². The van der Waals surface area contributed by atoms with Gasteiger partial charge in [-0.2, -0.15) is 0 Å². The molecule has 2 rings (SSSR count). The quantitative estimate of drug-likeness (QED) is 0.563. The lowest BCUT2D eigenvalue weighted by Gasteiger charge is -2.10. The van der Waals surface area contributed by atoms with Gasteiger partial charge in [-0.1, -0.05) is 12.1 Å². The summed E-state index contributed by atoms with van der Waals surface area (Å²) >= 11 is 4.92. The molecule has 3 N–H and O–H groups in total. The third-order valence-electron chi connectivity index (χ3n) is 3.02. The fourth-order valence-electron chi connectivity index (χ4n) is 1.69. The molecule has 0 unspecified atom stereocenters. The Kier molecular flexibility index (Phi) is 5.10. The van der Waals surface area contributed by atoms with E-state index in [0.29, 0.717) is 0 Å². The first-order chi connectivity index (χ1) is 10.1. The van der Waals surface area contributed by atoms with Gasteiger partial charge < -0.3 is 10.1 Å². The number of rotatable bonds is 4. The minimum Gasteiger partial charge on any atom is -0.497 e. The molecule has 1 saturated carbocycles. The van der Waals surface area contributed by atoms with Crippen molar-refractivity contribution in [1.29, 1.82) is 0 Å². The molecule has 0 heterocycles. The number of thiocarbonyl (C=S) groups is 1. The highest BCUT2D eigenvalue weighted by atomic mass is 32.1. The van der Waals surface area contributed by atoms with Crippen molar-refractivity contribution in [2.75, 3.05) is 7.11 Å². The smallest absolute Gasteiger partial charge is 0.242 e. The Bertz CT molecular complexity index is 541. The number of carbonyl (C=O) groups is 2. The molecule has 7 heteroatoms. The SMILES string of the molecule is COc1ccc(CC(=O)NNC(=S)NC(=O)C2CC2)cc1. The molecule has 112 valence electrons. The van der Waals surface area contributed by atoms with Gasteiger partial charge in [0.15, 0.2) is 5.11 Å². The average Bonchev–Trinajstić information content (AvgIpc) is 3.30. The Morgan fingerprint density at radius 2 is 1.90 bits per heavy atom. The average molecular weight is 307 g/mol. The number of hydrogen-bond acceptors (Lipinski definition) is 4. The first kappa shape index (κ1) is 15.2. The molecule has 1 aromatic carbocycles. The lowest BCUT2D eigenvalue weighted by Crippen LogP contribution is -2.49. The van der Waals surface area contributed by atoms with Gasteiger partial charge in [-0.05, 0) is 42.8 Å². The van der Waals surface area contributed by atoms with Gasteiger partial charge in [-0.15, -0.1) is 0 Å². The first-order valence-corrected chi connectivity index (χ1v) is 7.02. The summed E-state index contributed by atoms with van der Waals surface area (Å²) in [6.07, 6.45) is 2.01. The largest absolute Gasteiger partial charge is 0.497 e. The van der Waals surface area contributed by atoms with Crippen LogP contribution in [0.15, 0.2) is 24.3 Å². The van der Waals surface area contributed by atoms with Gasteiger partial charge >= 0.3 is 0 Å². The van der Waals surface area contributed by atoms with Crippen molar-refractivity contribution in [3.05, 3.63) is 29.8 Å². The predicted octanol–water partition coefficient (Wildman–Crippen LogP) is 0.670. The molecule has 1 aliphatic rings. The lowest BCUT2D eigenvalue weighted by molar-refractivity contribution is -0.122. The Morgan fingerprint density at radius 1 is 1.24 bits per heavy atom. The molecule has 0 aromatic heterocycles. The molecule has 1 aliphatic carbocycles. The minimum atomic E-state index is -0.247. The van der Waals surface area contributed by atoms with Crippen LogP contribution in [0.3, 0.4) is 0 Å². The maximum Gasteiger partial charge on any atom is 0.242 e. The summed E-state index contributed by atoms with van der Waals surface area (Å²) in [6.45, 7) is 0. The number of hydrazine groups is 1. The zero-order chi connectivity index (χ0) is 15.2. The number of hydrogen-bond donors (Lipinski definition) is 3. The molecule has 21 heavy (non-hydrogen) atoms. The maximum absolute atomic E-state index is 11.7. The van der Waals surface area contributed by atoms with Crippen molar-refractivity contribution in [2.45, 2.75) is 19.3 Å². The Labute approximate surface area is 128 Å². The molecule has 0 atom stereocenters. The number of nitrogens with one attached hydrogen (secondary N) is 3. The van der Waals surface area contributed by atoms with Crippen molar-refractivity contribution >= 4 is 29.1 Å². The Hall–Kier alpha value is -2.15. The second-order valence-corrected chi connectivity index (χ2v) is 5.20. The zero-order valence-corrected chi connectivity index (χ0v) is 12.5. The van der Waals surface area contributed by atoms with E-state index >= 15 is 0 Å². The van der Waals surface area contributed by atoms with Gasteiger partial charge in [0.05, 0.1) is 13.5 Å². The second kappa shape index (κ2) is 7.03. The van der Waals surface area contributed by atoms with E-state index < -0.39 is 0 Å². The Morgan fingerprint density at radius 3 is 2.48 bits per heavy atom. The van der Waals surface area contributed by atoms with Crippen LogP contribution in [0.4, 0.5) is 0 Å². The van der Waals surface area contributed by atoms with E-state index in [1.807, 2.05) is 12.1 Å². The summed E-state index contributed by atoms with van der Waals surface area (Å²) in [5.74, 6) is 0.459. The van der Waals surface area contributed by atoms with Gasteiger partial charge in [0, 0.05) is 5.92 Å². The summed E-state index contributed by atoms with van der Waals surface area (Å²) in [6, 6.07) is 7.20. The van der Waals surface area contributed by atoms with E-state index in [2.05, 4.69) is 16.2 Å². The highest BCUT2D eigenvalue weighted by molar-refractivity contribution is 7.80. The van der Waals surface area contributed by atoms with Crippen LogP contribution in [0, 0.1) is 5.92 Å². The number of amides is 2. The maximum atomic E-state index is 11.7. The second-order valence-electron chi connectivity index (χ2n) is 4.79. The van der Waals surface area contributed by atoms with Crippen molar-refractivity contribution in [3.8, 4) is 5.75 Å². The van der Waals surface area contributed by atoms with Crippen LogP contribution in [0.25, 0.3) is 0 Å². The van der Waals surface area contributed by atoms with E-state index in [1.165, 1.54) is 0 Å². The third kappa shape index (κ3) is 5.03. The number of carbonyl (C=O) groups excluding carboxylic acids is 2. The fraction of sp³-hybridized carbons (Fsp3) is 0.357. The van der Waals surface area contributed by atoms with E-state index in [1.54, 1.807) is 19.2 Å². The summed E-state index contributed by atoms with van der Waals surface area (Å²) in [7, 11) is 1.59. The number of benzene rings is 1. The highest BCUT2D eigenvalue weighted by Gasteiger charge is 2.30. The van der Waals surface area contributed by atoms with Crippen molar-refractivity contribution in [3.63, 3.8) is 0 Å². The fourth-order valence-corrected chi connectivity index (χ4v) is 1.84. The van der Waals surface area contributed by atoms with Gasteiger partial charge in [0.1, 0.15) is 5.75 Å². The van der Waals surface area contributed by atoms with Crippen LogP contribution >= 0.6 is 12.2 Å². The number of methoxy groups -OCH3 is 1. The summed E-state index contributed by atoms with van der Waals surface area (Å²) in [5.41, 5.74) is 5.81. The van der Waals surface area contributed by atoms with Gasteiger partial charge in [-0.3, -0.25) is 20.4 Å². The summed E-state index contributed by atoms with van der Waals surface area (Å²) in [4.78, 5) is 23.2. The van der Waals surface area contributed by atoms with Crippen molar-refractivity contribution in [1.82, 2.24) is 16.2 Å². The lowest BCUT2D eigenvalue weighted by atomic mass is 10.1. The van der Waals surface area contributed by atoms with Crippen LogP contribution < -0.4 is 20.9 Å². The van der Waals surface area contributed by atoms with Gasteiger partial charge in [0.25, 0.3) is 0 Å².